The molecule has 0 fully saturated rings. The van der Waals surface area contributed by atoms with Crippen LogP contribution in [0.5, 0.6) is 11.5 Å². The minimum Gasteiger partial charge on any atom is -0.492 e. The molecular weight excluding hydrogens is 357 g/mol. The molecule has 0 saturated carbocycles. The van der Waals surface area contributed by atoms with Crippen molar-refractivity contribution < 1.29 is 18.7 Å². The molecule has 0 amide bonds. The second-order valence-corrected chi connectivity index (χ2v) is 7.12. The molecule has 1 aliphatic heterocycles. The van der Waals surface area contributed by atoms with Crippen LogP contribution < -0.4 is 9.47 Å². The number of benzene rings is 2. The van der Waals surface area contributed by atoms with Gasteiger partial charge in [0.25, 0.3) is 0 Å². The Balaban J connectivity index is 2.04. The molecule has 0 saturated heterocycles. The van der Waals surface area contributed by atoms with Gasteiger partial charge in [-0.3, -0.25) is 4.90 Å². The van der Waals surface area contributed by atoms with Gasteiger partial charge in [0.2, 0.25) is 0 Å². The molecule has 0 bridgehead atoms. The number of hydrogen-bond acceptors (Lipinski definition) is 4. The zero-order valence-electron chi connectivity index (χ0n) is 16.9. The minimum absolute atomic E-state index is 0.209. The molecule has 0 spiro atoms. The molecule has 0 atom stereocenters. The Labute approximate surface area is 166 Å². The van der Waals surface area contributed by atoms with Crippen LogP contribution in [0.25, 0.3) is 0 Å². The van der Waals surface area contributed by atoms with Gasteiger partial charge < -0.3 is 9.47 Å². The number of carbonyl (C=O) groups excluding carboxylic acids is 1. The highest BCUT2D eigenvalue weighted by Crippen LogP contribution is 2.37. The van der Waals surface area contributed by atoms with Crippen LogP contribution in [0.15, 0.2) is 30.3 Å². The van der Waals surface area contributed by atoms with Crippen molar-refractivity contribution in [3.05, 3.63) is 58.4 Å². The second kappa shape index (κ2) is 9.20. The summed E-state index contributed by atoms with van der Waals surface area (Å²) in [6, 6.07) is 8.85. The van der Waals surface area contributed by atoms with Crippen LogP contribution in [-0.4, -0.2) is 30.6 Å². The van der Waals surface area contributed by atoms with Crippen LogP contribution in [0.2, 0.25) is 0 Å². The lowest BCUT2D eigenvalue weighted by atomic mass is 9.91. The van der Waals surface area contributed by atoms with E-state index in [2.05, 4.69) is 18.7 Å². The van der Waals surface area contributed by atoms with E-state index in [1.807, 2.05) is 6.07 Å². The third-order valence-corrected chi connectivity index (χ3v) is 5.24. The number of unbranched alkanes of at least 4 members (excludes halogenated alkanes) is 1. The summed E-state index contributed by atoms with van der Waals surface area (Å²) in [7, 11) is 0. The molecule has 28 heavy (non-hydrogen) atoms. The molecule has 1 heterocycles. The minimum atomic E-state index is -0.574. The first kappa shape index (κ1) is 20.3. The topological polar surface area (TPSA) is 38.8 Å². The summed E-state index contributed by atoms with van der Waals surface area (Å²) >= 11 is 0. The van der Waals surface area contributed by atoms with E-state index >= 15 is 4.39 Å². The molecule has 0 unspecified atom stereocenters. The molecule has 2 aromatic rings. The Morgan fingerprint density at radius 2 is 1.93 bits per heavy atom. The molecular formula is C23H28FNO3. The van der Waals surface area contributed by atoms with Gasteiger partial charge in [0.1, 0.15) is 22.9 Å². The highest BCUT2D eigenvalue weighted by molar-refractivity contribution is 5.96. The first-order chi connectivity index (χ1) is 13.6. The van der Waals surface area contributed by atoms with Crippen molar-refractivity contribution in [1.29, 1.82) is 0 Å². The first-order valence-corrected chi connectivity index (χ1v) is 10.0. The lowest BCUT2D eigenvalue weighted by molar-refractivity contribution is 0.0728. The zero-order chi connectivity index (χ0) is 20.1. The number of para-hydroxylation sites is 1. The predicted molar refractivity (Wildman–Crippen MR) is 108 cm³/mol. The van der Waals surface area contributed by atoms with Crippen molar-refractivity contribution in [1.82, 2.24) is 4.90 Å². The fraction of sp³-hybridized carbons (Fsp3) is 0.435. The van der Waals surface area contributed by atoms with Gasteiger partial charge in [-0.15, -0.1) is 0 Å². The van der Waals surface area contributed by atoms with Gasteiger partial charge in [-0.05, 0) is 38.4 Å². The predicted octanol–water partition coefficient (Wildman–Crippen LogP) is 4.91. The van der Waals surface area contributed by atoms with Crippen LogP contribution in [-0.2, 0) is 13.0 Å². The molecule has 0 aliphatic carbocycles. The summed E-state index contributed by atoms with van der Waals surface area (Å²) in [6.45, 7) is 8.51. The van der Waals surface area contributed by atoms with Crippen molar-refractivity contribution in [3.8, 4) is 11.5 Å². The molecule has 1 aliphatic rings. The standard InChI is InChI=1S/C23H28FNO3/c1-4-6-14-27-22-18-12-13-25(5-2)15-19(18)21(24)16(3)20(22)23(26)28-17-10-8-7-9-11-17/h7-11H,4-6,12-15H2,1-3H3. The van der Waals surface area contributed by atoms with Crippen LogP contribution in [0.4, 0.5) is 4.39 Å². The van der Waals surface area contributed by atoms with Crippen molar-refractivity contribution in [2.24, 2.45) is 0 Å². The third kappa shape index (κ3) is 4.20. The Kier molecular flexibility index (Phi) is 6.68. The SMILES string of the molecule is CCCCOc1c2c(c(F)c(C)c1C(=O)Oc1ccccc1)CN(CC)CC2. The van der Waals surface area contributed by atoms with Crippen LogP contribution in [0, 0.1) is 12.7 Å². The highest BCUT2D eigenvalue weighted by atomic mass is 19.1. The molecule has 2 aromatic carbocycles. The largest absolute Gasteiger partial charge is 0.492 e. The Morgan fingerprint density at radius 1 is 1.18 bits per heavy atom. The van der Waals surface area contributed by atoms with Gasteiger partial charge in [-0.1, -0.05) is 38.5 Å². The number of carbonyl (C=O) groups is 1. The molecule has 150 valence electrons. The quantitative estimate of drug-likeness (QED) is 0.386. The van der Waals surface area contributed by atoms with Gasteiger partial charge in [-0.25, -0.2) is 9.18 Å². The molecule has 0 N–H and O–H groups in total. The summed E-state index contributed by atoms with van der Waals surface area (Å²) in [4.78, 5) is 15.2. The maximum atomic E-state index is 15.2. The average molecular weight is 385 g/mol. The van der Waals surface area contributed by atoms with Crippen molar-refractivity contribution in [2.75, 3.05) is 19.7 Å². The smallest absolute Gasteiger partial charge is 0.347 e. The van der Waals surface area contributed by atoms with Gasteiger partial charge in [0.05, 0.1) is 6.61 Å². The van der Waals surface area contributed by atoms with E-state index in [4.69, 9.17) is 9.47 Å². The normalized spacial score (nSPS) is 13.9. The van der Waals surface area contributed by atoms with Crippen molar-refractivity contribution in [3.63, 3.8) is 0 Å². The van der Waals surface area contributed by atoms with Crippen LogP contribution >= 0.6 is 0 Å². The summed E-state index contributed by atoms with van der Waals surface area (Å²) in [5.74, 6) is 0.0338. The van der Waals surface area contributed by atoms with E-state index in [0.29, 0.717) is 42.2 Å². The van der Waals surface area contributed by atoms with E-state index < -0.39 is 5.97 Å². The van der Waals surface area contributed by atoms with Gasteiger partial charge in [0.15, 0.2) is 0 Å². The summed E-state index contributed by atoms with van der Waals surface area (Å²) in [5, 5.41) is 0. The van der Waals surface area contributed by atoms with E-state index in [1.165, 1.54) is 0 Å². The summed E-state index contributed by atoms with van der Waals surface area (Å²) in [6.07, 6.45) is 2.52. The lowest BCUT2D eigenvalue weighted by Crippen LogP contribution is -2.32. The summed E-state index contributed by atoms with van der Waals surface area (Å²) < 4.78 is 26.8. The fourth-order valence-corrected chi connectivity index (χ4v) is 3.57. The van der Waals surface area contributed by atoms with Crippen LogP contribution in [0.3, 0.4) is 0 Å². The maximum absolute atomic E-state index is 15.2. The Morgan fingerprint density at radius 3 is 2.61 bits per heavy atom. The van der Waals surface area contributed by atoms with Gasteiger partial charge in [-0.2, -0.15) is 0 Å². The van der Waals surface area contributed by atoms with Crippen LogP contribution in [0.1, 0.15) is 53.7 Å². The zero-order valence-corrected chi connectivity index (χ0v) is 16.9. The number of nitrogens with zero attached hydrogens (tertiary/aromatic N) is 1. The molecule has 4 nitrogen and oxygen atoms in total. The third-order valence-electron chi connectivity index (χ3n) is 5.24. The molecule has 0 radical (unpaired) electrons. The monoisotopic (exact) mass is 385 g/mol. The molecule has 5 heteroatoms. The van der Waals surface area contributed by atoms with Crippen molar-refractivity contribution >= 4 is 5.97 Å². The van der Waals surface area contributed by atoms with Gasteiger partial charge in [0, 0.05) is 29.8 Å². The summed E-state index contributed by atoms with van der Waals surface area (Å²) in [5.41, 5.74) is 1.96. The number of halogens is 1. The van der Waals surface area contributed by atoms with Gasteiger partial charge >= 0.3 is 5.97 Å². The maximum Gasteiger partial charge on any atom is 0.347 e. The number of fused-ring (bicyclic) bond motifs is 1. The number of ether oxygens (including phenoxy) is 2. The molecule has 3 rings (SSSR count). The van der Waals surface area contributed by atoms with E-state index in [9.17, 15) is 4.79 Å². The second-order valence-electron chi connectivity index (χ2n) is 7.12. The molecule has 0 aromatic heterocycles. The lowest BCUT2D eigenvalue weighted by Gasteiger charge is -2.31. The van der Waals surface area contributed by atoms with E-state index in [1.54, 1.807) is 31.2 Å². The van der Waals surface area contributed by atoms with Crippen molar-refractivity contribution in [2.45, 2.75) is 46.6 Å². The van der Waals surface area contributed by atoms with E-state index in [0.717, 1.165) is 31.5 Å². The Bertz CT molecular complexity index is 836. The number of likely N-dealkylation sites (N-methyl/N-ethyl adjacent to an activating group) is 1. The number of esters is 1. The number of hydrogen-bond donors (Lipinski definition) is 0. The highest BCUT2D eigenvalue weighted by Gasteiger charge is 2.31. The Hall–Kier alpha value is -2.40. The number of rotatable bonds is 7. The average Bonchev–Trinajstić information content (AvgIpc) is 2.72. The van der Waals surface area contributed by atoms with E-state index in [-0.39, 0.29) is 11.4 Å². The fourth-order valence-electron chi connectivity index (χ4n) is 3.57. The first-order valence-electron chi connectivity index (χ1n) is 10.0.